The van der Waals surface area contributed by atoms with Crippen LogP contribution in [0.2, 0.25) is 0 Å². The third kappa shape index (κ3) is 4.77. The number of nitrogens with zero attached hydrogens (tertiary/aromatic N) is 4. The number of carbonyl (C=O) groups is 1. The number of aromatic nitrogens is 4. The van der Waals surface area contributed by atoms with Crippen LogP contribution in [0.3, 0.4) is 0 Å². The zero-order valence-corrected chi connectivity index (χ0v) is 18.8. The number of hydrogen-bond acceptors (Lipinski definition) is 13. The van der Waals surface area contributed by atoms with Gasteiger partial charge in [-0.1, -0.05) is 0 Å². The highest BCUT2D eigenvalue weighted by atomic mass is 31.2. The average Bonchev–Trinajstić information content (AvgIpc) is 3.49. The summed E-state index contributed by atoms with van der Waals surface area (Å²) in [6, 6.07) is 0. The highest BCUT2D eigenvalue weighted by Gasteiger charge is 2.46. The summed E-state index contributed by atoms with van der Waals surface area (Å²) in [7, 11) is -5.03. The number of ether oxygens (including phenoxy) is 4. The molecule has 2 saturated heterocycles. The third-order valence-electron chi connectivity index (χ3n) is 5.24. The minimum Gasteiger partial charge on any atom is -0.464 e. The van der Waals surface area contributed by atoms with E-state index in [4.69, 9.17) is 19.9 Å². The van der Waals surface area contributed by atoms with Crippen molar-refractivity contribution in [1.29, 1.82) is 0 Å². The van der Waals surface area contributed by atoms with Crippen molar-refractivity contribution in [2.45, 2.75) is 43.5 Å². The molecule has 2 fully saturated rings. The van der Waals surface area contributed by atoms with Crippen LogP contribution in [0.1, 0.15) is 25.2 Å². The highest BCUT2D eigenvalue weighted by Crippen LogP contribution is 2.43. The molecule has 16 nitrogen and oxygen atoms in total. The molecular weight excluding hydrogens is 479 g/mol. The molecule has 0 radical (unpaired) electrons. The first kappa shape index (κ1) is 24.8. The Labute approximate surface area is 192 Å². The van der Waals surface area contributed by atoms with E-state index in [1.165, 1.54) is 17.8 Å². The molecule has 0 bridgehead atoms. The Hall–Kier alpha value is -2.27. The van der Waals surface area contributed by atoms with Crippen molar-refractivity contribution in [1.82, 2.24) is 24.8 Å². The lowest BCUT2D eigenvalue weighted by atomic mass is 10.1. The van der Waals surface area contributed by atoms with Gasteiger partial charge >= 0.3 is 13.6 Å². The molecule has 4 heterocycles. The summed E-state index contributed by atoms with van der Waals surface area (Å²) in [5.74, 6) is -3.15. The summed E-state index contributed by atoms with van der Waals surface area (Å²) in [6.45, 7) is 1.78. The highest BCUT2D eigenvalue weighted by molar-refractivity contribution is 7.53. The van der Waals surface area contributed by atoms with E-state index < -0.39 is 56.8 Å². The van der Waals surface area contributed by atoms with Gasteiger partial charge in [0.15, 0.2) is 29.7 Å². The molecule has 188 valence electrons. The largest absolute Gasteiger partial charge is 0.464 e. The summed E-state index contributed by atoms with van der Waals surface area (Å²) < 4.78 is 33.8. The van der Waals surface area contributed by atoms with Crippen molar-refractivity contribution < 1.29 is 48.3 Å². The lowest BCUT2D eigenvalue weighted by molar-refractivity contribution is -0.155. The number of carbonyl (C=O) groups excluding carboxylic acids is 1. The van der Waals surface area contributed by atoms with E-state index in [9.17, 15) is 29.4 Å². The fourth-order valence-corrected chi connectivity index (χ4v) is 4.28. The number of nitrogen functional groups attached to an aromatic ring is 1. The normalized spacial score (nSPS) is 28.4. The Balaban J connectivity index is 1.55. The minimum atomic E-state index is -5.03. The molecule has 17 heteroatoms. The van der Waals surface area contributed by atoms with Gasteiger partial charge in [0, 0.05) is 6.54 Å². The van der Waals surface area contributed by atoms with Gasteiger partial charge in [0.2, 0.25) is 0 Å². The van der Waals surface area contributed by atoms with Crippen LogP contribution in [0.5, 0.6) is 0 Å². The second-order valence-electron chi connectivity index (χ2n) is 7.57. The Morgan fingerprint density at radius 3 is 2.79 bits per heavy atom. The van der Waals surface area contributed by atoms with Crippen molar-refractivity contribution in [3.63, 3.8) is 0 Å². The number of fused-ring (bicyclic) bond motifs is 1. The van der Waals surface area contributed by atoms with E-state index in [0.29, 0.717) is 13.2 Å². The first-order chi connectivity index (χ1) is 16.1. The smallest absolute Gasteiger partial charge is 0.365 e. The summed E-state index contributed by atoms with van der Waals surface area (Å²) >= 11 is 0. The van der Waals surface area contributed by atoms with E-state index in [0.717, 1.165) is 0 Å². The van der Waals surface area contributed by atoms with Crippen molar-refractivity contribution >= 4 is 30.5 Å². The van der Waals surface area contributed by atoms with Crippen LogP contribution in [-0.2, 0) is 28.3 Å². The lowest BCUT2D eigenvalue weighted by Crippen LogP contribution is -2.36. The van der Waals surface area contributed by atoms with Gasteiger partial charge in [-0.15, -0.1) is 0 Å². The SMILES string of the molecule is CCOC(=O)C(OC[C@H]1O[C@@H](n2cnc3c(N)nc(C4NCCO4)nc32)[C@H](O)[C@@H]1O)P(=O)(O)O. The lowest BCUT2D eigenvalue weighted by Gasteiger charge is -2.21. The molecule has 0 amide bonds. The van der Waals surface area contributed by atoms with E-state index >= 15 is 0 Å². The van der Waals surface area contributed by atoms with E-state index in [1.807, 2.05) is 0 Å². The number of esters is 1. The monoisotopic (exact) mass is 504 g/mol. The van der Waals surface area contributed by atoms with Crippen molar-refractivity contribution in [3.8, 4) is 0 Å². The van der Waals surface area contributed by atoms with Gasteiger partial charge < -0.3 is 44.7 Å². The molecule has 0 spiro atoms. The average molecular weight is 504 g/mol. The molecule has 2 aromatic heterocycles. The predicted molar refractivity (Wildman–Crippen MR) is 111 cm³/mol. The molecule has 7 N–H and O–H groups in total. The minimum absolute atomic E-state index is 0.0721. The number of hydrogen-bond donors (Lipinski definition) is 6. The molecule has 4 rings (SSSR count). The van der Waals surface area contributed by atoms with E-state index in [2.05, 4.69) is 25.0 Å². The predicted octanol–water partition coefficient (Wildman–Crippen LogP) is -2.27. The number of nitrogens with one attached hydrogen (secondary N) is 1. The first-order valence-corrected chi connectivity index (χ1v) is 12.0. The number of aliphatic hydroxyl groups excluding tert-OH is 2. The standard InChI is InChI=1S/C17H25N6O10P/c1-2-30-16(26)17(34(27,28)29)32-5-7-9(24)10(25)15(33-7)23-6-20-8-11(18)21-12(22-13(8)23)14-19-3-4-31-14/h6-7,9-10,14-15,17,19,24-25H,2-5H2,1H3,(H2,18,21,22)(H2,27,28,29)/t7-,9-,10-,14?,15-,17?/m1/s1. The molecule has 2 aromatic rings. The van der Waals surface area contributed by atoms with Crippen LogP contribution in [0, 0.1) is 0 Å². The number of aliphatic hydroxyl groups is 2. The Morgan fingerprint density at radius 2 is 2.15 bits per heavy atom. The quantitative estimate of drug-likeness (QED) is 0.164. The molecule has 0 aliphatic carbocycles. The van der Waals surface area contributed by atoms with Crippen LogP contribution in [0.15, 0.2) is 6.33 Å². The molecular formula is C17H25N6O10P. The maximum Gasteiger partial charge on any atom is 0.365 e. The number of anilines is 1. The Bertz CT molecular complexity index is 1090. The fourth-order valence-electron chi connectivity index (χ4n) is 3.65. The Kier molecular flexibility index (Phi) is 7.14. The Morgan fingerprint density at radius 1 is 1.38 bits per heavy atom. The summed E-state index contributed by atoms with van der Waals surface area (Å²) in [4.78, 5) is 43.4. The third-order valence-corrected chi connectivity index (χ3v) is 6.21. The molecule has 0 aromatic carbocycles. The van der Waals surface area contributed by atoms with E-state index in [-0.39, 0.29) is 29.4 Å². The zero-order valence-electron chi connectivity index (χ0n) is 17.9. The second-order valence-corrected chi connectivity index (χ2v) is 9.22. The number of imidazole rings is 1. The zero-order chi connectivity index (χ0) is 24.6. The first-order valence-electron chi connectivity index (χ1n) is 10.3. The summed E-state index contributed by atoms with van der Waals surface area (Å²) in [6.07, 6.45) is -4.76. The number of rotatable bonds is 8. The number of nitrogens with two attached hydrogens (primary N) is 1. The maximum absolute atomic E-state index is 11.9. The van der Waals surface area contributed by atoms with E-state index in [1.54, 1.807) is 0 Å². The molecule has 34 heavy (non-hydrogen) atoms. The summed E-state index contributed by atoms with van der Waals surface area (Å²) in [5, 5.41) is 24.1. The fraction of sp³-hybridized carbons (Fsp3) is 0.647. The molecule has 2 unspecified atom stereocenters. The molecule has 2 aliphatic rings. The molecule has 2 aliphatic heterocycles. The topological polar surface area (TPSA) is 234 Å². The molecule has 0 saturated carbocycles. The van der Waals surface area contributed by atoms with Gasteiger partial charge in [-0.2, -0.15) is 0 Å². The van der Waals surface area contributed by atoms with Crippen LogP contribution in [-0.4, -0.2) is 96.0 Å². The van der Waals surface area contributed by atoms with Crippen LogP contribution < -0.4 is 11.1 Å². The van der Waals surface area contributed by atoms with Gasteiger partial charge in [0.1, 0.15) is 23.8 Å². The van der Waals surface area contributed by atoms with Crippen LogP contribution >= 0.6 is 7.60 Å². The maximum atomic E-state index is 11.9. The van der Waals surface area contributed by atoms with Crippen LogP contribution in [0.25, 0.3) is 11.2 Å². The van der Waals surface area contributed by atoms with Gasteiger partial charge in [0.25, 0.3) is 5.85 Å². The van der Waals surface area contributed by atoms with Crippen LogP contribution in [0.4, 0.5) is 5.82 Å². The van der Waals surface area contributed by atoms with Crippen molar-refractivity contribution in [2.75, 3.05) is 32.1 Å². The van der Waals surface area contributed by atoms with Crippen molar-refractivity contribution in [2.24, 2.45) is 0 Å². The van der Waals surface area contributed by atoms with Gasteiger partial charge in [-0.3, -0.25) is 14.4 Å². The van der Waals surface area contributed by atoms with Gasteiger partial charge in [0.05, 0.1) is 26.1 Å². The summed E-state index contributed by atoms with van der Waals surface area (Å²) in [5.41, 5.74) is 6.44. The van der Waals surface area contributed by atoms with Crippen molar-refractivity contribution in [3.05, 3.63) is 12.2 Å². The van der Waals surface area contributed by atoms with Gasteiger partial charge in [-0.25, -0.2) is 19.7 Å². The molecule has 6 atom stereocenters. The second kappa shape index (κ2) is 9.77. The van der Waals surface area contributed by atoms with Gasteiger partial charge in [-0.05, 0) is 6.92 Å².